The first-order valence-corrected chi connectivity index (χ1v) is 8.56. The Labute approximate surface area is 127 Å². The highest BCUT2D eigenvalue weighted by Crippen LogP contribution is 2.24. The van der Waals surface area contributed by atoms with E-state index in [1.54, 1.807) is 0 Å². The second-order valence-electron chi connectivity index (χ2n) is 4.55. The summed E-state index contributed by atoms with van der Waals surface area (Å²) in [6, 6.07) is 1.53. The Bertz CT molecular complexity index is 633. The standard InChI is InChI=1S/C13H17ClFNO4S/c1-4-10(7-20-3)16-13(17)11-5-9(15)6-12(8(11)2)21(14,18)19/h5-6,10H,4,7H2,1-3H3,(H,16,17). The van der Waals surface area contributed by atoms with Crippen LogP contribution in [0.15, 0.2) is 17.0 Å². The zero-order chi connectivity index (χ0) is 16.2. The molecule has 0 radical (unpaired) electrons. The van der Waals surface area contributed by atoms with Crippen LogP contribution >= 0.6 is 10.7 Å². The number of rotatable bonds is 6. The van der Waals surface area contributed by atoms with Gasteiger partial charge in [-0.2, -0.15) is 0 Å². The van der Waals surface area contributed by atoms with Gasteiger partial charge in [0.05, 0.1) is 17.5 Å². The zero-order valence-corrected chi connectivity index (χ0v) is 13.5. The number of nitrogens with one attached hydrogen (secondary N) is 1. The van der Waals surface area contributed by atoms with Crippen LogP contribution in [0.1, 0.15) is 29.3 Å². The van der Waals surface area contributed by atoms with E-state index in [1.807, 2.05) is 6.92 Å². The molecule has 5 nitrogen and oxygen atoms in total. The zero-order valence-electron chi connectivity index (χ0n) is 11.9. The maximum Gasteiger partial charge on any atom is 0.261 e. The molecular formula is C13H17ClFNO4S. The van der Waals surface area contributed by atoms with Crippen LogP contribution in [-0.2, 0) is 13.8 Å². The second-order valence-corrected chi connectivity index (χ2v) is 7.08. The molecule has 21 heavy (non-hydrogen) atoms. The molecule has 1 unspecified atom stereocenters. The molecule has 0 aliphatic heterocycles. The number of ether oxygens (including phenoxy) is 1. The molecule has 1 rings (SSSR count). The van der Waals surface area contributed by atoms with Crippen LogP contribution < -0.4 is 5.32 Å². The fraction of sp³-hybridized carbons (Fsp3) is 0.462. The molecule has 0 aromatic heterocycles. The molecule has 0 heterocycles. The quantitative estimate of drug-likeness (QED) is 0.808. The van der Waals surface area contributed by atoms with Crippen LogP contribution in [0.3, 0.4) is 0 Å². The molecule has 1 aromatic carbocycles. The predicted molar refractivity (Wildman–Crippen MR) is 77.6 cm³/mol. The number of carbonyl (C=O) groups is 1. The van der Waals surface area contributed by atoms with Crippen LogP contribution in [0.4, 0.5) is 4.39 Å². The predicted octanol–water partition coefficient (Wildman–Crippen LogP) is 2.22. The molecule has 0 aliphatic rings. The summed E-state index contributed by atoms with van der Waals surface area (Å²) in [5.41, 5.74) is 0.0416. The van der Waals surface area contributed by atoms with Gasteiger partial charge in [0.15, 0.2) is 0 Å². The van der Waals surface area contributed by atoms with Crippen molar-refractivity contribution in [2.24, 2.45) is 0 Å². The van der Waals surface area contributed by atoms with Gasteiger partial charge in [-0.05, 0) is 31.0 Å². The topological polar surface area (TPSA) is 72.5 Å². The fourth-order valence-electron chi connectivity index (χ4n) is 1.87. The van der Waals surface area contributed by atoms with Crippen molar-refractivity contribution in [3.05, 3.63) is 29.1 Å². The lowest BCUT2D eigenvalue weighted by Gasteiger charge is -2.17. The van der Waals surface area contributed by atoms with Crippen molar-refractivity contribution in [2.45, 2.75) is 31.2 Å². The molecule has 1 atom stereocenters. The maximum atomic E-state index is 13.5. The third-order valence-electron chi connectivity index (χ3n) is 3.03. The minimum Gasteiger partial charge on any atom is -0.383 e. The lowest BCUT2D eigenvalue weighted by molar-refractivity contribution is 0.0893. The van der Waals surface area contributed by atoms with Crippen LogP contribution in [0.5, 0.6) is 0 Å². The monoisotopic (exact) mass is 337 g/mol. The van der Waals surface area contributed by atoms with Gasteiger partial charge in [0.25, 0.3) is 15.0 Å². The van der Waals surface area contributed by atoms with Crippen LogP contribution in [0.25, 0.3) is 0 Å². The number of halogens is 2. The minimum absolute atomic E-state index is 0.0659. The number of carbonyl (C=O) groups excluding carboxylic acids is 1. The normalized spacial score (nSPS) is 13.0. The summed E-state index contributed by atoms with van der Waals surface area (Å²) in [5.74, 6) is -1.41. The molecule has 1 N–H and O–H groups in total. The van der Waals surface area contributed by atoms with Crippen molar-refractivity contribution in [1.82, 2.24) is 5.32 Å². The van der Waals surface area contributed by atoms with Gasteiger partial charge in [0, 0.05) is 23.4 Å². The van der Waals surface area contributed by atoms with Crippen molar-refractivity contribution in [3.8, 4) is 0 Å². The van der Waals surface area contributed by atoms with Gasteiger partial charge < -0.3 is 10.1 Å². The SMILES string of the molecule is CCC(COC)NC(=O)c1cc(F)cc(S(=O)(=O)Cl)c1C. The average molecular weight is 338 g/mol. The molecule has 1 amide bonds. The minimum atomic E-state index is -4.13. The Balaban J connectivity index is 3.19. The Morgan fingerprint density at radius 3 is 2.57 bits per heavy atom. The third kappa shape index (κ3) is 4.66. The van der Waals surface area contributed by atoms with E-state index < -0.39 is 25.7 Å². The molecule has 8 heteroatoms. The second kappa shape index (κ2) is 7.20. The van der Waals surface area contributed by atoms with Crippen LogP contribution in [0, 0.1) is 12.7 Å². The molecule has 0 bridgehead atoms. The summed E-state index contributed by atoms with van der Waals surface area (Å²) in [6.45, 7) is 3.56. The Hall–Kier alpha value is -1.18. The molecule has 118 valence electrons. The molecule has 0 saturated carbocycles. The van der Waals surface area contributed by atoms with Crippen molar-refractivity contribution in [2.75, 3.05) is 13.7 Å². The Morgan fingerprint density at radius 2 is 2.10 bits per heavy atom. The number of amides is 1. The van der Waals surface area contributed by atoms with Gasteiger partial charge in [-0.3, -0.25) is 4.79 Å². The van der Waals surface area contributed by atoms with E-state index >= 15 is 0 Å². The first-order chi connectivity index (χ1) is 9.70. The number of hydrogen-bond acceptors (Lipinski definition) is 4. The molecule has 0 spiro atoms. The largest absolute Gasteiger partial charge is 0.383 e. The summed E-state index contributed by atoms with van der Waals surface area (Å²) >= 11 is 0. The van der Waals surface area contributed by atoms with Gasteiger partial charge in [-0.25, -0.2) is 12.8 Å². The Morgan fingerprint density at radius 1 is 1.48 bits per heavy atom. The lowest BCUT2D eigenvalue weighted by Crippen LogP contribution is -2.38. The lowest BCUT2D eigenvalue weighted by atomic mass is 10.1. The van der Waals surface area contributed by atoms with Gasteiger partial charge in [-0.1, -0.05) is 6.92 Å². The number of hydrogen-bond donors (Lipinski definition) is 1. The van der Waals surface area contributed by atoms with Crippen LogP contribution in [0.2, 0.25) is 0 Å². The van der Waals surface area contributed by atoms with Gasteiger partial charge in [-0.15, -0.1) is 0 Å². The van der Waals surface area contributed by atoms with Gasteiger partial charge in [0.2, 0.25) is 0 Å². The number of methoxy groups -OCH3 is 1. The van der Waals surface area contributed by atoms with Crippen LogP contribution in [-0.4, -0.2) is 34.1 Å². The summed E-state index contributed by atoms with van der Waals surface area (Å²) < 4.78 is 41.3. The highest BCUT2D eigenvalue weighted by molar-refractivity contribution is 8.13. The van der Waals surface area contributed by atoms with E-state index in [0.29, 0.717) is 13.0 Å². The summed E-state index contributed by atoms with van der Waals surface area (Å²) in [5, 5.41) is 2.66. The third-order valence-corrected chi connectivity index (χ3v) is 4.48. The van der Waals surface area contributed by atoms with E-state index in [9.17, 15) is 17.6 Å². The van der Waals surface area contributed by atoms with Crippen molar-refractivity contribution < 1.29 is 22.3 Å². The maximum absolute atomic E-state index is 13.5. The van der Waals surface area contributed by atoms with E-state index in [2.05, 4.69) is 5.32 Å². The first kappa shape index (κ1) is 17.9. The molecule has 0 fully saturated rings. The first-order valence-electron chi connectivity index (χ1n) is 6.25. The van der Waals surface area contributed by atoms with E-state index in [4.69, 9.17) is 15.4 Å². The van der Waals surface area contributed by atoms with Crippen molar-refractivity contribution in [3.63, 3.8) is 0 Å². The summed E-state index contributed by atoms with van der Waals surface area (Å²) in [6.07, 6.45) is 0.620. The van der Waals surface area contributed by atoms with Crippen molar-refractivity contribution in [1.29, 1.82) is 0 Å². The van der Waals surface area contributed by atoms with Crippen molar-refractivity contribution >= 4 is 25.6 Å². The van der Waals surface area contributed by atoms with Gasteiger partial charge in [0.1, 0.15) is 5.82 Å². The highest BCUT2D eigenvalue weighted by Gasteiger charge is 2.22. The molecule has 0 saturated heterocycles. The Kier molecular flexibility index (Phi) is 6.12. The smallest absolute Gasteiger partial charge is 0.261 e. The molecule has 0 aliphatic carbocycles. The number of benzene rings is 1. The fourth-order valence-corrected chi connectivity index (χ4v) is 3.08. The summed E-state index contributed by atoms with van der Waals surface area (Å²) in [7, 11) is 2.62. The molecule has 1 aromatic rings. The van der Waals surface area contributed by atoms with E-state index in [-0.39, 0.29) is 17.2 Å². The van der Waals surface area contributed by atoms with E-state index in [1.165, 1.54) is 14.0 Å². The average Bonchev–Trinajstić information content (AvgIpc) is 2.39. The van der Waals surface area contributed by atoms with E-state index in [0.717, 1.165) is 12.1 Å². The summed E-state index contributed by atoms with van der Waals surface area (Å²) in [4.78, 5) is 11.8. The molecular weight excluding hydrogens is 321 g/mol. The highest BCUT2D eigenvalue weighted by atomic mass is 35.7. The van der Waals surface area contributed by atoms with Gasteiger partial charge >= 0.3 is 0 Å².